The van der Waals surface area contributed by atoms with Crippen molar-refractivity contribution in [3.63, 3.8) is 0 Å². The molecular weight excluding hydrogens is 324 g/mol. The normalized spacial score (nSPS) is 12.2. The third-order valence-electron chi connectivity index (χ3n) is 2.75. The molecule has 0 aromatic heterocycles. The highest BCUT2D eigenvalue weighted by Gasteiger charge is 2.33. The molecule has 0 fully saturated rings. The van der Waals surface area contributed by atoms with Crippen molar-refractivity contribution >= 4 is 10.1 Å². The van der Waals surface area contributed by atoms with E-state index in [9.17, 15) is 26.0 Å². The number of aryl methyl sites for hydroxylation is 1. The van der Waals surface area contributed by atoms with Crippen LogP contribution in [0.25, 0.3) is 0 Å². The number of rotatable bonds is 3. The molecule has 0 unspecified atom stereocenters. The second-order valence-corrected chi connectivity index (χ2v) is 6.01. The largest absolute Gasteiger partial charge is 0.416 e. The first kappa shape index (κ1) is 16.3. The molecule has 8 heteroatoms. The maximum Gasteiger partial charge on any atom is 0.416 e. The van der Waals surface area contributed by atoms with E-state index in [4.69, 9.17) is 0 Å². The standard InChI is InChI=1S/C14H10F4O3S/c1-9-2-5-11(6-3-9)21-22(19,20)13-8-10(14(16,17)18)4-7-12(13)15/h2-8H,1H3. The number of benzene rings is 2. The van der Waals surface area contributed by atoms with E-state index in [1.54, 1.807) is 19.1 Å². The summed E-state index contributed by atoms with van der Waals surface area (Å²) < 4.78 is 80.0. The predicted octanol–water partition coefficient (Wildman–Crippen LogP) is 3.92. The predicted molar refractivity (Wildman–Crippen MR) is 70.4 cm³/mol. The van der Waals surface area contributed by atoms with E-state index in [1.165, 1.54) is 12.1 Å². The summed E-state index contributed by atoms with van der Waals surface area (Å²) in [6, 6.07) is 6.84. The molecule has 0 aliphatic carbocycles. The molecule has 3 nitrogen and oxygen atoms in total. The monoisotopic (exact) mass is 334 g/mol. The van der Waals surface area contributed by atoms with E-state index < -0.39 is 32.6 Å². The molecule has 0 saturated carbocycles. The lowest BCUT2D eigenvalue weighted by molar-refractivity contribution is -0.137. The Morgan fingerprint density at radius 2 is 1.59 bits per heavy atom. The Morgan fingerprint density at radius 3 is 2.14 bits per heavy atom. The molecule has 0 bridgehead atoms. The highest BCUT2D eigenvalue weighted by atomic mass is 32.2. The molecule has 2 rings (SSSR count). The highest BCUT2D eigenvalue weighted by Crippen LogP contribution is 2.32. The Hall–Kier alpha value is -2.09. The lowest BCUT2D eigenvalue weighted by Gasteiger charge is -2.11. The van der Waals surface area contributed by atoms with Crippen LogP contribution in [-0.4, -0.2) is 8.42 Å². The van der Waals surface area contributed by atoms with Crippen LogP contribution in [0.2, 0.25) is 0 Å². The zero-order valence-electron chi connectivity index (χ0n) is 11.2. The number of halogens is 4. The van der Waals surface area contributed by atoms with Crippen molar-refractivity contribution in [2.45, 2.75) is 18.0 Å². The summed E-state index contributed by atoms with van der Waals surface area (Å²) >= 11 is 0. The maximum atomic E-state index is 13.6. The van der Waals surface area contributed by atoms with E-state index in [1.807, 2.05) is 0 Å². The summed E-state index contributed by atoms with van der Waals surface area (Å²) in [7, 11) is -4.71. The smallest absolute Gasteiger partial charge is 0.379 e. The second kappa shape index (κ2) is 5.60. The van der Waals surface area contributed by atoms with Crippen LogP contribution in [0.3, 0.4) is 0 Å². The topological polar surface area (TPSA) is 43.4 Å². The molecule has 0 atom stereocenters. The molecule has 118 valence electrons. The van der Waals surface area contributed by atoms with Crippen molar-refractivity contribution < 1.29 is 30.2 Å². The SMILES string of the molecule is Cc1ccc(OS(=O)(=O)c2cc(C(F)(F)F)ccc2F)cc1. The molecule has 0 aliphatic rings. The van der Waals surface area contributed by atoms with Gasteiger partial charge in [-0.25, -0.2) is 4.39 Å². The average Bonchev–Trinajstić information content (AvgIpc) is 2.40. The Bertz CT molecular complexity index is 781. The summed E-state index contributed by atoms with van der Waals surface area (Å²) in [5.41, 5.74) is -0.449. The zero-order chi connectivity index (χ0) is 16.5. The molecule has 0 heterocycles. The first-order valence-corrected chi connectivity index (χ1v) is 7.38. The van der Waals surface area contributed by atoms with Crippen molar-refractivity contribution in [2.24, 2.45) is 0 Å². The summed E-state index contributed by atoms with van der Waals surface area (Å²) in [5.74, 6) is -1.44. The first-order valence-electron chi connectivity index (χ1n) is 5.97. The zero-order valence-corrected chi connectivity index (χ0v) is 12.0. The highest BCUT2D eigenvalue weighted by molar-refractivity contribution is 7.87. The van der Waals surface area contributed by atoms with E-state index >= 15 is 0 Å². The molecule has 2 aromatic rings. The van der Waals surface area contributed by atoms with Crippen LogP contribution in [0.1, 0.15) is 11.1 Å². The van der Waals surface area contributed by atoms with Crippen LogP contribution < -0.4 is 4.18 Å². The lowest BCUT2D eigenvalue weighted by atomic mass is 10.2. The Balaban J connectivity index is 2.43. The quantitative estimate of drug-likeness (QED) is 0.631. The van der Waals surface area contributed by atoms with Crippen LogP contribution >= 0.6 is 0 Å². The number of hydrogen-bond acceptors (Lipinski definition) is 3. The van der Waals surface area contributed by atoms with Gasteiger partial charge in [0.25, 0.3) is 0 Å². The van der Waals surface area contributed by atoms with Crippen molar-refractivity contribution in [2.75, 3.05) is 0 Å². The summed E-state index contributed by atoms with van der Waals surface area (Å²) in [5, 5.41) is 0. The summed E-state index contributed by atoms with van der Waals surface area (Å²) in [6.07, 6.45) is -4.79. The van der Waals surface area contributed by atoms with Gasteiger partial charge in [-0.2, -0.15) is 21.6 Å². The molecule has 0 saturated heterocycles. The molecule has 0 amide bonds. The number of alkyl halides is 3. The van der Waals surface area contributed by atoms with Crippen LogP contribution in [0.5, 0.6) is 5.75 Å². The third-order valence-corrected chi connectivity index (χ3v) is 4.02. The van der Waals surface area contributed by atoms with Crippen molar-refractivity contribution in [3.8, 4) is 5.75 Å². The van der Waals surface area contributed by atoms with E-state index in [-0.39, 0.29) is 11.8 Å². The molecule has 0 radical (unpaired) electrons. The molecule has 0 aliphatic heterocycles. The summed E-state index contributed by atoms with van der Waals surface area (Å²) in [6.45, 7) is 1.75. The van der Waals surface area contributed by atoms with Gasteiger partial charge in [-0.1, -0.05) is 17.7 Å². The van der Waals surface area contributed by atoms with Gasteiger partial charge < -0.3 is 4.18 Å². The van der Waals surface area contributed by atoms with Gasteiger partial charge in [0, 0.05) is 0 Å². The molecule has 22 heavy (non-hydrogen) atoms. The van der Waals surface area contributed by atoms with E-state index in [0.717, 1.165) is 5.56 Å². The van der Waals surface area contributed by atoms with Crippen LogP contribution in [-0.2, 0) is 16.3 Å². The minimum absolute atomic E-state index is 0.123. The van der Waals surface area contributed by atoms with Crippen LogP contribution in [0, 0.1) is 12.7 Å². The van der Waals surface area contributed by atoms with Gasteiger partial charge >= 0.3 is 16.3 Å². The molecule has 0 spiro atoms. The van der Waals surface area contributed by atoms with Crippen molar-refractivity contribution in [1.29, 1.82) is 0 Å². The van der Waals surface area contributed by atoms with Crippen LogP contribution in [0.15, 0.2) is 47.4 Å². The average molecular weight is 334 g/mol. The van der Waals surface area contributed by atoms with Gasteiger partial charge in [0.2, 0.25) is 0 Å². The van der Waals surface area contributed by atoms with Gasteiger partial charge in [0.15, 0.2) is 0 Å². The fraction of sp³-hybridized carbons (Fsp3) is 0.143. The van der Waals surface area contributed by atoms with E-state index in [2.05, 4.69) is 4.18 Å². The molecule has 2 aromatic carbocycles. The Labute approximate surface area is 124 Å². The van der Waals surface area contributed by atoms with Gasteiger partial charge in [-0.3, -0.25) is 0 Å². The molecular formula is C14H10F4O3S. The van der Waals surface area contributed by atoms with Crippen molar-refractivity contribution in [1.82, 2.24) is 0 Å². The minimum Gasteiger partial charge on any atom is -0.379 e. The fourth-order valence-electron chi connectivity index (χ4n) is 1.64. The number of hydrogen-bond donors (Lipinski definition) is 0. The Morgan fingerprint density at radius 1 is 1.00 bits per heavy atom. The maximum absolute atomic E-state index is 13.6. The van der Waals surface area contributed by atoms with Crippen LogP contribution in [0.4, 0.5) is 17.6 Å². The van der Waals surface area contributed by atoms with Gasteiger partial charge in [-0.05, 0) is 37.3 Å². The van der Waals surface area contributed by atoms with Gasteiger partial charge in [0.1, 0.15) is 16.5 Å². The fourth-order valence-corrected chi connectivity index (χ4v) is 2.67. The lowest BCUT2D eigenvalue weighted by Crippen LogP contribution is -2.14. The van der Waals surface area contributed by atoms with Crippen molar-refractivity contribution in [3.05, 3.63) is 59.4 Å². The van der Waals surface area contributed by atoms with E-state index in [0.29, 0.717) is 12.1 Å². The third kappa shape index (κ3) is 3.56. The first-order chi connectivity index (χ1) is 10.1. The Kier molecular flexibility index (Phi) is 4.15. The minimum atomic E-state index is -4.79. The summed E-state index contributed by atoms with van der Waals surface area (Å²) in [4.78, 5) is -1.16. The second-order valence-electron chi connectivity index (χ2n) is 4.49. The van der Waals surface area contributed by atoms with Gasteiger partial charge in [-0.15, -0.1) is 0 Å². The van der Waals surface area contributed by atoms with Gasteiger partial charge in [0.05, 0.1) is 5.56 Å². The molecule has 0 N–H and O–H groups in total.